The van der Waals surface area contributed by atoms with Gasteiger partial charge >= 0.3 is 5.97 Å². The first kappa shape index (κ1) is 12.5. The Morgan fingerprint density at radius 1 is 1.40 bits per heavy atom. The van der Waals surface area contributed by atoms with Crippen LogP contribution >= 0.6 is 0 Å². The van der Waals surface area contributed by atoms with E-state index >= 15 is 0 Å². The summed E-state index contributed by atoms with van der Waals surface area (Å²) in [5, 5.41) is 9.06. The fourth-order valence-electron chi connectivity index (χ4n) is 2.47. The number of nitrogens with zero attached hydrogens (tertiary/aromatic N) is 2. The first-order valence-corrected chi connectivity index (χ1v) is 5.73. The summed E-state index contributed by atoms with van der Waals surface area (Å²) in [6, 6.07) is 0.403. The van der Waals surface area contributed by atoms with E-state index in [1.807, 2.05) is 7.05 Å². The molecule has 1 saturated heterocycles. The van der Waals surface area contributed by atoms with Gasteiger partial charge in [0.25, 0.3) is 0 Å². The molecule has 1 rings (SSSR count). The number of carboxylic acid groups (broad SMARTS) is 1. The third kappa shape index (κ3) is 3.18. The third-order valence-corrected chi connectivity index (χ3v) is 3.29. The summed E-state index contributed by atoms with van der Waals surface area (Å²) in [5.74, 6) is -0.854. The Bertz CT molecular complexity index is 217. The number of hydrogen-bond acceptors (Lipinski definition) is 3. The van der Waals surface area contributed by atoms with Crippen LogP contribution in [0.15, 0.2) is 0 Å². The molecule has 1 heterocycles. The quantitative estimate of drug-likeness (QED) is 0.749. The van der Waals surface area contributed by atoms with Gasteiger partial charge < -0.3 is 10.0 Å². The summed E-state index contributed by atoms with van der Waals surface area (Å²) in [7, 11) is 2.01. The van der Waals surface area contributed by atoms with Crippen molar-refractivity contribution in [2.75, 3.05) is 33.2 Å². The zero-order valence-corrected chi connectivity index (χ0v) is 9.94. The van der Waals surface area contributed by atoms with Crippen LogP contribution in [0.5, 0.6) is 0 Å². The van der Waals surface area contributed by atoms with E-state index in [1.54, 1.807) is 0 Å². The van der Waals surface area contributed by atoms with Crippen LogP contribution in [0, 0.1) is 5.92 Å². The van der Waals surface area contributed by atoms with Crippen molar-refractivity contribution >= 4 is 5.97 Å². The van der Waals surface area contributed by atoms with E-state index in [4.69, 9.17) is 5.11 Å². The van der Waals surface area contributed by atoms with Crippen molar-refractivity contribution in [2.45, 2.75) is 26.3 Å². The van der Waals surface area contributed by atoms with Crippen molar-refractivity contribution < 1.29 is 9.90 Å². The fourth-order valence-corrected chi connectivity index (χ4v) is 2.47. The Hall–Kier alpha value is -0.610. The lowest BCUT2D eigenvalue weighted by atomic mass is 9.93. The first-order valence-electron chi connectivity index (χ1n) is 5.73. The standard InChI is InChI=1S/C11H22N2O2/c1-4-13(5-2)10-6-9(11(14)15)7-12(3)8-10/h9-10H,4-8H2,1-3H3,(H,14,15). The summed E-state index contributed by atoms with van der Waals surface area (Å²) in [5.41, 5.74) is 0. The largest absolute Gasteiger partial charge is 0.481 e. The SMILES string of the molecule is CCN(CC)C1CC(C(=O)O)CN(C)C1. The van der Waals surface area contributed by atoms with Gasteiger partial charge in [-0.05, 0) is 26.6 Å². The molecule has 0 spiro atoms. The van der Waals surface area contributed by atoms with Crippen LogP contribution in [0.2, 0.25) is 0 Å². The second kappa shape index (κ2) is 5.47. The minimum absolute atomic E-state index is 0.200. The van der Waals surface area contributed by atoms with Gasteiger partial charge in [0.1, 0.15) is 0 Å². The van der Waals surface area contributed by atoms with Gasteiger partial charge in [0, 0.05) is 19.1 Å². The molecule has 1 fully saturated rings. The van der Waals surface area contributed by atoms with Crippen LogP contribution in [-0.4, -0.2) is 60.1 Å². The second-order valence-electron chi connectivity index (χ2n) is 4.37. The highest BCUT2D eigenvalue weighted by molar-refractivity contribution is 5.70. The predicted octanol–water partition coefficient (Wildman–Crippen LogP) is 0.733. The van der Waals surface area contributed by atoms with Crippen LogP contribution in [0.25, 0.3) is 0 Å². The molecule has 1 aliphatic rings. The van der Waals surface area contributed by atoms with E-state index in [2.05, 4.69) is 23.6 Å². The smallest absolute Gasteiger partial charge is 0.307 e. The molecule has 1 N–H and O–H groups in total. The number of aliphatic carboxylic acids is 1. The number of piperidine rings is 1. The van der Waals surface area contributed by atoms with Gasteiger partial charge in [-0.3, -0.25) is 9.69 Å². The van der Waals surface area contributed by atoms with Crippen molar-refractivity contribution in [1.82, 2.24) is 9.80 Å². The number of hydrogen-bond donors (Lipinski definition) is 1. The molecule has 2 unspecified atom stereocenters. The lowest BCUT2D eigenvalue weighted by Gasteiger charge is -2.39. The lowest BCUT2D eigenvalue weighted by Crippen LogP contribution is -2.51. The molecule has 0 radical (unpaired) electrons. The summed E-state index contributed by atoms with van der Waals surface area (Å²) < 4.78 is 0. The Balaban J connectivity index is 2.61. The highest BCUT2D eigenvalue weighted by Crippen LogP contribution is 2.20. The van der Waals surface area contributed by atoms with E-state index in [1.165, 1.54) is 0 Å². The van der Waals surface area contributed by atoms with E-state index in [0.717, 1.165) is 26.1 Å². The van der Waals surface area contributed by atoms with Crippen molar-refractivity contribution in [3.8, 4) is 0 Å². The maximum Gasteiger partial charge on any atom is 0.307 e. The normalized spacial score (nSPS) is 28.3. The van der Waals surface area contributed by atoms with Crippen molar-refractivity contribution in [3.05, 3.63) is 0 Å². The fraction of sp³-hybridized carbons (Fsp3) is 0.909. The van der Waals surface area contributed by atoms with E-state index in [-0.39, 0.29) is 5.92 Å². The zero-order valence-electron chi connectivity index (χ0n) is 9.94. The van der Waals surface area contributed by atoms with Gasteiger partial charge in [-0.1, -0.05) is 13.8 Å². The first-order chi connectivity index (χ1) is 7.08. The molecule has 0 bridgehead atoms. The monoisotopic (exact) mass is 214 g/mol. The summed E-state index contributed by atoms with van der Waals surface area (Å²) >= 11 is 0. The van der Waals surface area contributed by atoms with Crippen LogP contribution < -0.4 is 0 Å². The van der Waals surface area contributed by atoms with Crippen molar-refractivity contribution in [2.24, 2.45) is 5.92 Å². The molecule has 0 saturated carbocycles. The molecule has 0 aromatic heterocycles. The number of likely N-dealkylation sites (tertiary alicyclic amines) is 1. The van der Waals surface area contributed by atoms with E-state index < -0.39 is 5.97 Å². The zero-order chi connectivity index (χ0) is 11.4. The summed E-state index contributed by atoms with van der Waals surface area (Å²) in [6.45, 7) is 7.95. The number of carbonyl (C=O) groups is 1. The van der Waals surface area contributed by atoms with Crippen molar-refractivity contribution in [3.63, 3.8) is 0 Å². The Morgan fingerprint density at radius 3 is 2.47 bits per heavy atom. The topological polar surface area (TPSA) is 43.8 Å². The maximum atomic E-state index is 11.0. The van der Waals surface area contributed by atoms with Gasteiger partial charge in [0.2, 0.25) is 0 Å². The molecular weight excluding hydrogens is 192 g/mol. The van der Waals surface area contributed by atoms with Crippen molar-refractivity contribution in [1.29, 1.82) is 0 Å². The summed E-state index contributed by atoms with van der Waals surface area (Å²) in [6.07, 6.45) is 0.793. The maximum absolute atomic E-state index is 11.0. The number of likely N-dealkylation sites (N-methyl/N-ethyl adjacent to an activating group) is 2. The van der Waals surface area contributed by atoms with Gasteiger partial charge in [-0.15, -0.1) is 0 Å². The minimum Gasteiger partial charge on any atom is -0.481 e. The third-order valence-electron chi connectivity index (χ3n) is 3.29. The Kier molecular flexibility index (Phi) is 4.54. The van der Waals surface area contributed by atoms with Gasteiger partial charge in [0.15, 0.2) is 0 Å². The molecular formula is C11H22N2O2. The van der Waals surface area contributed by atoms with Gasteiger partial charge in [-0.2, -0.15) is 0 Å². The van der Waals surface area contributed by atoms with E-state index in [0.29, 0.717) is 12.6 Å². The molecule has 4 heteroatoms. The molecule has 2 atom stereocenters. The van der Waals surface area contributed by atoms with Crippen LogP contribution in [0.3, 0.4) is 0 Å². The molecule has 88 valence electrons. The Morgan fingerprint density at radius 2 is 2.00 bits per heavy atom. The lowest BCUT2D eigenvalue weighted by molar-refractivity contribution is -0.144. The van der Waals surface area contributed by atoms with Crippen LogP contribution in [0.4, 0.5) is 0 Å². The Labute approximate surface area is 91.9 Å². The minimum atomic E-state index is -0.654. The van der Waals surface area contributed by atoms with Crippen LogP contribution in [-0.2, 0) is 4.79 Å². The van der Waals surface area contributed by atoms with Gasteiger partial charge in [0.05, 0.1) is 5.92 Å². The molecule has 0 aromatic rings. The second-order valence-corrected chi connectivity index (χ2v) is 4.37. The summed E-state index contributed by atoms with van der Waals surface area (Å²) in [4.78, 5) is 15.5. The molecule has 1 aliphatic heterocycles. The number of rotatable bonds is 4. The molecule has 0 amide bonds. The molecule has 0 aliphatic carbocycles. The molecule has 4 nitrogen and oxygen atoms in total. The highest BCUT2D eigenvalue weighted by atomic mass is 16.4. The average Bonchev–Trinajstić information content (AvgIpc) is 2.18. The number of carboxylic acids is 1. The van der Waals surface area contributed by atoms with Gasteiger partial charge in [-0.25, -0.2) is 0 Å². The molecule has 0 aromatic carbocycles. The average molecular weight is 214 g/mol. The molecule has 15 heavy (non-hydrogen) atoms. The van der Waals surface area contributed by atoms with Crippen LogP contribution in [0.1, 0.15) is 20.3 Å². The predicted molar refractivity (Wildman–Crippen MR) is 59.9 cm³/mol. The van der Waals surface area contributed by atoms with E-state index in [9.17, 15) is 4.79 Å². The highest BCUT2D eigenvalue weighted by Gasteiger charge is 2.31.